The number of hydrogen-bond acceptors (Lipinski definition) is 1. The molecule has 0 spiro atoms. The minimum absolute atomic E-state index is 0.0389. The lowest BCUT2D eigenvalue weighted by Gasteiger charge is -2.15. The van der Waals surface area contributed by atoms with Gasteiger partial charge in [-0.2, -0.15) is 13.2 Å². The van der Waals surface area contributed by atoms with Crippen LogP contribution in [0.3, 0.4) is 0 Å². The molecule has 1 atom stereocenters. The van der Waals surface area contributed by atoms with Crippen LogP contribution >= 0.6 is 15.9 Å². The van der Waals surface area contributed by atoms with Crippen LogP contribution in [0.5, 0.6) is 0 Å². The van der Waals surface area contributed by atoms with Crippen LogP contribution in [0.25, 0.3) is 0 Å². The monoisotopic (exact) mass is 321 g/mol. The summed E-state index contributed by atoms with van der Waals surface area (Å²) >= 11 is 2.91. The van der Waals surface area contributed by atoms with Crippen molar-refractivity contribution in [3.8, 4) is 0 Å². The van der Waals surface area contributed by atoms with Crippen LogP contribution in [0.2, 0.25) is 0 Å². The molecule has 2 N–H and O–H groups in total. The van der Waals surface area contributed by atoms with Gasteiger partial charge in [-0.25, -0.2) is 0 Å². The van der Waals surface area contributed by atoms with Crippen molar-refractivity contribution in [2.24, 2.45) is 5.73 Å². The third-order valence-corrected chi connectivity index (χ3v) is 3.34. The highest BCUT2D eigenvalue weighted by atomic mass is 79.9. The highest BCUT2D eigenvalue weighted by Gasteiger charge is 2.33. The molecular formula is C13H15BrF3N. The Kier molecular flexibility index (Phi) is 5.41. The van der Waals surface area contributed by atoms with Crippen LogP contribution in [0, 0.1) is 0 Å². The Morgan fingerprint density at radius 1 is 1.39 bits per heavy atom. The molecule has 0 fully saturated rings. The molecule has 0 aliphatic carbocycles. The van der Waals surface area contributed by atoms with Gasteiger partial charge in [-0.3, -0.25) is 0 Å². The fourth-order valence-corrected chi connectivity index (χ4v) is 2.11. The number of rotatable bonds is 5. The average Bonchev–Trinajstić information content (AvgIpc) is 2.28. The van der Waals surface area contributed by atoms with E-state index in [1.807, 2.05) is 0 Å². The zero-order chi connectivity index (χ0) is 13.8. The second-order valence-corrected chi connectivity index (χ2v) is 4.92. The van der Waals surface area contributed by atoms with E-state index in [-0.39, 0.29) is 10.5 Å². The van der Waals surface area contributed by atoms with Crippen LogP contribution < -0.4 is 5.73 Å². The molecule has 18 heavy (non-hydrogen) atoms. The van der Waals surface area contributed by atoms with E-state index in [1.54, 1.807) is 12.1 Å². The summed E-state index contributed by atoms with van der Waals surface area (Å²) in [6.07, 6.45) is -0.311. The summed E-state index contributed by atoms with van der Waals surface area (Å²) in [7, 11) is 0. The highest BCUT2D eigenvalue weighted by molar-refractivity contribution is 9.10. The Morgan fingerprint density at radius 2 is 2.06 bits per heavy atom. The molecule has 0 heterocycles. The molecule has 100 valence electrons. The fraction of sp³-hybridized carbons (Fsp3) is 0.385. The number of alkyl halides is 3. The van der Waals surface area contributed by atoms with Gasteiger partial charge in [0.2, 0.25) is 0 Å². The van der Waals surface area contributed by atoms with Gasteiger partial charge in [0, 0.05) is 10.5 Å². The largest absolute Gasteiger partial charge is 0.417 e. The summed E-state index contributed by atoms with van der Waals surface area (Å²) in [5, 5.41) is 0. The smallest absolute Gasteiger partial charge is 0.324 e. The molecule has 0 aliphatic rings. The number of hydrogen-bond donors (Lipinski definition) is 1. The minimum Gasteiger partial charge on any atom is -0.324 e. The van der Waals surface area contributed by atoms with E-state index in [1.165, 1.54) is 6.07 Å². The van der Waals surface area contributed by atoms with Crippen molar-refractivity contribution in [1.29, 1.82) is 0 Å². The topological polar surface area (TPSA) is 26.0 Å². The standard InChI is InChI=1S/C13H15BrF3N/c1-2-3-4-5-12(18)9-6-7-11(14)10(8-9)13(15,16)17/h2,6-8,12H,1,3-5,18H2. The van der Waals surface area contributed by atoms with Crippen LogP contribution in [0.15, 0.2) is 35.3 Å². The molecule has 0 bridgehead atoms. The summed E-state index contributed by atoms with van der Waals surface area (Å²) in [4.78, 5) is 0. The first-order valence-corrected chi connectivity index (χ1v) is 6.38. The van der Waals surface area contributed by atoms with Crippen LogP contribution in [-0.2, 0) is 6.18 Å². The van der Waals surface area contributed by atoms with Crippen molar-refractivity contribution in [2.45, 2.75) is 31.5 Å². The van der Waals surface area contributed by atoms with Gasteiger partial charge in [-0.1, -0.05) is 28.1 Å². The molecule has 0 aromatic heterocycles. The molecule has 1 unspecified atom stereocenters. The fourth-order valence-electron chi connectivity index (χ4n) is 1.64. The predicted octanol–water partition coefficient (Wildman–Crippen LogP) is 4.82. The Morgan fingerprint density at radius 3 is 2.61 bits per heavy atom. The zero-order valence-corrected chi connectivity index (χ0v) is 11.4. The van der Waals surface area contributed by atoms with Gasteiger partial charge >= 0.3 is 6.18 Å². The van der Waals surface area contributed by atoms with Crippen molar-refractivity contribution >= 4 is 15.9 Å². The van der Waals surface area contributed by atoms with Gasteiger partial charge in [-0.05, 0) is 37.0 Å². The molecule has 1 rings (SSSR count). The number of halogens is 4. The molecule has 1 nitrogen and oxygen atoms in total. The van der Waals surface area contributed by atoms with Crippen molar-refractivity contribution < 1.29 is 13.2 Å². The van der Waals surface area contributed by atoms with E-state index in [0.717, 1.165) is 18.9 Å². The summed E-state index contributed by atoms with van der Waals surface area (Å²) in [6.45, 7) is 3.59. The molecule has 5 heteroatoms. The third-order valence-electron chi connectivity index (χ3n) is 2.65. The SMILES string of the molecule is C=CCCCC(N)c1ccc(Br)c(C(F)(F)F)c1. The van der Waals surface area contributed by atoms with Crippen molar-refractivity contribution in [1.82, 2.24) is 0 Å². The molecule has 0 amide bonds. The van der Waals surface area contributed by atoms with E-state index in [2.05, 4.69) is 22.5 Å². The van der Waals surface area contributed by atoms with Gasteiger partial charge in [0.1, 0.15) is 0 Å². The maximum Gasteiger partial charge on any atom is 0.417 e. The maximum atomic E-state index is 12.7. The lowest BCUT2D eigenvalue weighted by Crippen LogP contribution is -2.13. The third kappa shape index (κ3) is 4.14. The molecule has 0 saturated carbocycles. The minimum atomic E-state index is -4.37. The highest BCUT2D eigenvalue weighted by Crippen LogP contribution is 2.36. The van der Waals surface area contributed by atoms with E-state index >= 15 is 0 Å². The van der Waals surface area contributed by atoms with Crippen LogP contribution in [0.1, 0.15) is 36.4 Å². The summed E-state index contributed by atoms with van der Waals surface area (Å²) < 4.78 is 38.2. The number of nitrogens with two attached hydrogens (primary N) is 1. The second-order valence-electron chi connectivity index (χ2n) is 4.06. The summed E-state index contributed by atoms with van der Waals surface area (Å²) in [6, 6.07) is 3.76. The molecule has 0 aliphatic heterocycles. The van der Waals surface area contributed by atoms with E-state index in [0.29, 0.717) is 12.0 Å². The Hall–Kier alpha value is -0.810. The Labute approximate surface area is 113 Å². The van der Waals surface area contributed by atoms with E-state index in [4.69, 9.17) is 5.73 Å². The number of allylic oxidation sites excluding steroid dienone is 1. The first-order valence-electron chi connectivity index (χ1n) is 5.59. The van der Waals surface area contributed by atoms with Crippen LogP contribution in [-0.4, -0.2) is 0 Å². The summed E-state index contributed by atoms with van der Waals surface area (Å²) in [5.74, 6) is 0. The number of unbranched alkanes of at least 4 members (excludes halogenated alkanes) is 1. The van der Waals surface area contributed by atoms with Gasteiger partial charge in [0.05, 0.1) is 5.56 Å². The van der Waals surface area contributed by atoms with Gasteiger partial charge in [0.15, 0.2) is 0 Å². The zero-order valence-electron chi connectivity index (χ0n) is 9.80. The van der Waals surface area contributed by atoms with Gasteiger partial charge in [0.25, 0.3) is 0 Å². The molecule has 0 saturated heterocycles. The van der Waals surface area contributed by atoms with Crippen molar-refractivity contribution in [3.63, 3.8) is 0 Å². The first-order chi connectivity index (χ1) is 8.36. The second kappa shape index (κ2) is 6.38. The Balaban J connectivity index is 2.87. The van der Waals surface area contributed by atoms with Crippen LogP contribution in [0.4, 0.5) is 13.2 Å². The number of benzene rings is 1. The van der Waals surface area contributed by atoms with Gasteiger partial charge in [-0.15, -0.1) is 6.58 Å². The maximum absolute atomic E-state index is 12.7. The lowest BCUT2D eigenvalue weighted by molar-refractivity contribution is -0.138. The quantitative estimate of drug-likeness (QED) is 0.610. The van der Waals surface area contributed by atoms with Crippen molar-refractivity contribution in [2.75, 3.05) is 0 Å². The van der Waals surface area contributed by atoms with Gasteiger partial charge < -0.3 is 5.73 Å². The first kappa shape index (κ1) is 15.2. The molecule has 1 aromatic carbocycles. The van der Waals surface area contributed by atoms with E-state index < -0.39 is 11.7 Å². The summed E-state index contributed by atoms with van der Waals surface area (Å²) in [5.41, 5.74) is 5.71. The molecule has 1 aromatic rings. The van der Waals surface area contributed by atoms with E-state index in [9.17, 15) is 13.2 Å². The predicted molar refractivity (Wildman–Crippen MR) is 70.1 cm³/mol. The van der Waals surface area contributed by atoms with Crippen molar-refractivity contribution in [3.05, 3.63) is 46.5 Å². The lowest BCUT2D eigenvalue weighted by atomic mass is 10.00. The molecule has 0 radical (unpaired) electrons. The Bertz CT molecular complexity index is 415. The average molecular weight is 322 g/mol. The normalized spacial score (nSPS) is 13.4. The molecular weight excluding hydrogens is 307 g/mol.